The Labute approximate surface area is 98.6 Å². The quantitative estimate of drug-likeness (QED) is 0.865. The van der Waals surface area contributed by atoms with Crippen LogP contribution in [-0.4, -0.2) is 27.4 Å². The van der Waals surface area contributed by atoms with Crippen molar-refractivity contribution in [2.75, 3.05) is 6.54 Å². The zero-order chi connectivity index (χ0) is 11.0. The average molecular weight is 237 g/mol. The van der Waals surface area contributed by atoms with E-state index in [0.717, 1.165) is 24.1 Å². The predicted molar refractivity (Wildman–Crippen MR) is 63.6 cm³/mol. The van der Waals surface area contributed by atoms with E-state index in [1.54, 1.807) is 0 Å². The average Bonchev–Trinajstić information content (AvgIpc) is 2.89. The summed E-state index contributed by atoms with van der Waals surface area (Å²) in [5.41, 5.74) is 0.915. The fourth-order valence-corrected chi connectivity index (χ4v) is 2.41. The van der Waals surface area contributed by atoms with E-state index in [1.165, 1.54) is 12.8 Å². The van der Waals surface area contributed by atoms with Gasteiger partial charge in [0.25, 0.3) is 0 Å². The number of fused-ring (bicyclic) bond motifs is 1. The van der Waals surface area contributed by atoms with Gasteiger partial charge in [-0.15, -0.1) is 10.2 Å². The Hall–Kier alpha value is -1.13. The van der Waals surface area contributed by atoms with Crippen molar-refractivity contribution < 1.29 is 0 Å². The second kappa shape index (κ2) is 4.03. The van der Waals surface area contributed by atoms with Crippen LogP contribution in [-0.2, 0) is 6.54 Å². The molecule has 16 heavy (non-hydrogen) atoms. The van der Waals surface area contributed by atoms with E-state index >= 15 is 0 Å². The normalized spacial score (nSPS) is 20.7. The molecule has 3 rings (SSSR count). The van der Waals surface area contributed by atoms with E-state index < -0.39 is 0 Å². The Bertz CT molecular complexity index is 502. The minimum absolute atomic E-state index is 0.448. The molecule has 1 atom stereocenters. The number of aromatic nitrogens is 3. The Morgan fingerprint density at radius 2 is 2.44 bits per heavy atom. The highest BCUT2D eigenvalue weighted by molar-refractivity contribution is 6.29. The summed E-state index contributed by atoms with van der Waals surface area (Å²) in [5.74, 6) is 0. The first kappa shape index (κ1) is 10.1. The van der Waals surface area contributed by atoms with Gasteiger partial charge in [-0.2, -0.15) is 0 Å². The maximum Gasteiger partial charge on any atom is 0.162 e. The molecule has 1 aliphatic rings. The van der Waals surface area contributed by atoms with Crippen molar-refractivity contribution in [1.82, 2.24) is 20.1 Å². The highest BCUT2D eigenvalue weighted by Crippen LogP contribution is 2.17. The van der Waals surface area contributed by atoms with Gasteiger partial charge in [0, 0.05) is 24.2 Å². The molecule has 0 saturated carbocycles. The molecule has 2 aromatic heterocycles. The first-order valence-electron chi connectivity index (χ1n) is 5.54. The van der Waals surface area contributed by atoms with Gasteiger partial charge in [0.1, 0.15) is 0 Å². The van der Waals surface area contributed by atoms with Crippen molar-refractivity contribution in [3.8, 4) is 0 Å². The fourth-order valence-electron chi connectivity index (χ4n) is 2.26. The second-order valence-corrected chi connectivity index (χ2v) is 4.59. The molecule has 1 fully saturated rings. The van der Waals surface area contributed by atoms with Crippen LogP contribution in [0.1, 0.15) is 12.8 Å². The number of halogens is 1. The molecule has 1 aliphatic heterocycles. The predicted octanol–water partition coefficient (Wildman–Crippen LogP) is 1.84. The van der Waals surface area contributed by atoms with Crippen molar-refractivity contribution in [2.45, 2.75) is 25.4 Å². The van der Waals surface area contributed by atoms with Gasteiger partial charge in [-0.05, 0) is 31.5 Å². The van der Waals surface area contributed by atoms with E-state index in [2.05, 4.69) is 26.3 Å². The summed E-state index contributed by atoms with van der Waals surface area (Å²) in [4.78, 5) is 0. The Morgan fingerprint density at radius 3 is 3.25 bits per heavy atom. The smallest absolute Gasteiger partial charge is 0.162 e. The summed E-state index contributed by atoms with van der Waals surface area (Å²) in [6.45, 7) is 2.08. The van der Waals surface area contributed by atoms with Crippen LogP contribution in [0.15, 0.2) is 18.3 Å². The van der Waals surface area contributed by atoms with Gasteiger partial charge in [0.05, 0.1) is 0 Å². The molecular formula is C11H13ClN4. The Balaban J connectivity index is 1.91. The first-order chi connectivity index (χ1) is 7.83. The van der Waals surface area contributed by atoms with E-state index in [9.17, 15) is 0 Å². The standard InChI is InChI=1S/C11H13ClN4/c12-10-6-8-3-5-16(11(8)15-14-10)7-9-2-1-4-13-9/h3,5-6,9,13H,1-2,4,7H2. The molecule has 2 aromatic rings. The van der Waals surface area contributed by atoms with Crippen molar-refractivity contribution in [3.05, 3.63) is 23.5 Å². The van der Waals surface area contributed by atoms with Crippen molar-refractivity contribution in [3.63, 3.8) is 0 Å². The van der Waals surface area contributed by atoms with Crippen LogP contribution in [0.5, 0.6) is 0 Å². The van der Waals surface area contributed by atoms with Crippen LogP contribution in [0, 0.1) is 0 Å². The minimum atomic E-state index is 0.448. The van der Waals surface area contributed by atoms with Gasteiger partial charge in [-0.3, -0.25) is 0 Å². The molecule has 3 heterocycles. The molecule has 4 nitrogen and oxygen atoms in total. The molecule has 0 aliphatic carbocycles. The third-order valence-electron chi connectivity index (χ3n) is 3.06. The molecule has 0 amide bonds. The van der Waals surface area contributed by atoms with Gasteiger partial charge in [0.15, 0.2) is 10.8 Å². The van der Waals surface area contributed by atoms with E-state index in [4.69, 9.17) is 11.6 Å². The van der Waals surface area contributed by atoms with Gasteiger partial charge < -0.3 is 9.88 Å². The summed E-state index contributed by atoms with van der Waals surface area (Å²) in [5, 5.41) is 13.0. The van der Waals surface area contributed by atoms with Gasteiger partial charge in [-0.25, -0.2) is 0 Å². The zero-order valence-corrected chi connectivity index (χ0v) is 9.61. The van der Waals surface area contributed by atoms with Gasteiger partial charge in [-0.1, -0.05) is 11.6 Å². The third-order valence-corrected chi connectivity index (χ3v) is 3.24. The van der Waals surface area contributed by atoms with Crippen molar-refractivity contribution >= 4 is 22.6 Å². The molecular weight excluding hydrogens is 224 g/mol. The number of hydrogen-bond acceptors (Lipinski definition) is 3. The van der Waals surface area contributed by atoms with Crippen LogP contribution >= 0.6 is 11.6 Å². The Morgan fingerprint density at radius 1 is 1.50 bits per heavy atom. The van der Waals surface area contributed by atoms with Crippen LogP contribution in [0.25, 0.3) is 11.0 Å². The highest BCUT2D eigenvalue weighted by atomic mass is 35.5. The summed E-state index contributed by atoms with van der Waals surface area (Å²) < 4.78 is 2.14. The van der Waals surface area contributed by atoms with E-state index in [-0.39, 0.29) is 0 Å². The molecule has 1 unspecified atom stereocenters. The largest absolute Gasteiger partial charge is 0.329 e. The maximum absolute atomic E-state index is 5.80. The number of rotatable bonds is 2. The zero-order valence-electron chi connectivity index (χ0n) is 8.86. The van der Waals surface area contributed by atoms with Crippen LogP contribution in [0.4, 0.5) is 0 Å². The summed E-state index contributed by atoms with van der Waals surface area (Å²) >= 11 is 5.80. The lowest BCUT2D eigenvalue weighted by molar-refractivity contribution is 0.516. The SMILES string of the molecule is Clc1cc2ccn(CC3CCCN3)c2nn1. The van der Waals surface area contributed by atoms with E-state index in [1.807, 2.05) is 12.1 Å². The van der Waals surface area contributed by atoms with E-state index in [0.29, 0.717) is 11.2 Å². The first-order valence-corrected chi connectivity index (χ1v) is 5.92. The third kappa shape index (κ3) is 1.79. The number of nitrogens with one attached hydrogen (secondary N) is 1. The summed E-state index contributed by atoms with van der Waals surface area (Å²) in [6.07, 6.45) is 4.55. The molecule has 0 bridgehead atoms. The minimum Gasteiger partial charge on any atom is -0.329 e. The van der Waals surface area contributed by atoms with Crippen LogP contribution in [0.2, 0.25) is 5.15 Å². The molecule has 0 radical (unpaired) electrons. The number of hydrogen-bond donors (Lipinski definition) is 1. The lowest BCUT2D eigenvalue weighted by Crippen LogP contribution is -2.26. The summed E-state index contributed by atoms with van der Waals surface area (Å²) in [7, 11) is 0. The molecule has 1 saturated heterocycles. The lowest BCUT2D eigenvalue weighted by Gasteiger charge is -2.11. The molecule has 5 heteroatoms. The monoisotopic (exact) mass is 236 g/mol. The molecule has 84 valence electrons. The topological polar surface area (TPSA) is 42.7 Å². The molecule has 1 N–H and O–H groups in total. The second-order valence-electron chi connectivity index (χ2n) is 4.21. The van der Waals surface area contributed by atoms with Crippen molar-refractivity contribution in [2.24, 2.45) is 0 Å². The highest BCUT2D eigenvalue weighted by Gasteiger charge is 2.15. The van der Waals surface area contributed by atoms with Gasteiger partial charge in [0.2, 0.25) is 0 Å². The van der Waals surface area contributed by atoms with Crippen LogP contribution in [0.3, 0.4) is 0 Å². The summed E-state index contributed by atoms with van der Waals surface area (Å²) in [6, 6.07) is 4.45. The fraction of sp³-hybridized carbons (Fsp3) is 0.455. The number of nitrogens with zero attached hydrogens (tertiary/aromatic N) is 3. The van der Waals surface area contributed by atoms with Crippen molar-refractivity contribution in [1.29, 1.82) is 0 Å². The van der Waals surface area contributed by atoms with Gasteiger partial charge >= 0.3 is 0 Å². The lowest BCUT2D eigenvalue weighted by atomic mass is 10.2. The van der Waals surface area contributed by atoms with Crippen LogP contribution < -0.4 is 5.32 Å². The Kier molecular flexibility index (Phi) is 2.53. The molecule has 0 spiro atoms. The maximum atomic E-state index is 5.80. The molecule has 0 aromatic carbocycles.